The molecule has 1 atom stereocenters. The first-order valence-corrected chi connectivity index (χ1v) is 10.2. The number of benzene rings is 1. The van der Waals surface area contributed by atoms with Gasteiger partial charge in [-0.1, -0.05) is 30.5 Å². The molecule has 1 aromatic rings. The average Bonchev–Trinajstić information content (AvgIpc) is 3.19. The average molecular weight is 373 g/mol. The summed E-state index contributed by atoms with van der Waals surface area (Å²) in [7, 11) is 0. The zero-order chi connectivity index (χ0) is 19.2. The molecule has 3 amide bonds. The molecular weight excluding hydrogens is 340 g/mol. The molecule has 1 aliphatic carbocycles. The number of hydrogen-bond donors (Lipinski definition) is 2. The van der Waals surface area contributed by atoms with Gasteiger partial charge < -0.3 is 15.5 Å². The molecule has 148 valence electrons. The third-order valence-corrected chi connectivity index (χ3v) is 5.76. The standard InChI is InChI=1S/C21H32N4O2/c1-3-22-21(27)25-14-12-24(13-15-25)19(17-6-4-5-7-17)20(26)23-18-10-8-16(2)9-11-18/h8-11,17,19H,3-7,12-15H2,1-2H3,(H,22,27)(H,23,26). The molecule has 6 nitrogen and oxygen atoms in total. The van der Waals surface area contributed by atoms with Crippen LogP contribution < -0.4 is 10.6 Å². The first-order chi connectivity index (χ1) is 13.1. The Bertz CT molecular complexity index is 632. The van der Waals surface area contributed by atoms with E-state index in [1.807, 2.05) is 43.0 Å². The highest BCUT2D eigenvalue weighted by atomic mass is 16.2. The molecule has 1 unspecified atom stereocenters. The molecule has 0 radical (unpaired) electrons. The van der Waals surface area contributed by atoms with Crippen molar-refractivity contribution in [3.63, 3.8) is 0 Å². The third-order valence-electron chi connectivity index (χ3n) is 5.76. The molecule has 1 saturated heterocycles. The van der Waals surface area contributed by atoms with E-state index in [0.717, 1.165) is 31.6 Å². The summed E-state index contributed by atoms with van der Waals surface area (Å²) in [4.78, 5) is 29.3. The molecule has 2 fully saturated rings. The molecule has 6 heteroatoms. The Kier molecular flexibility index (Phi) is 6.72. The number of aryl methyl sites for hydroxylation is 1. The summed E-state index contributed by atoms with van der Waals surface area (Å²) >= 11 is 0. The first kappa shape index (κ1) is 19.7. The highest BCUT2D eigenvalue weighted by molar-refractivity contribution is 5.95. The van der Waals surface area contributed by atoms with Gasteiger partial charge in [-0.25, -0.2) is 4.79 Å². The SMILES string of the molecule is CCNC(=O)N1CCN(C(C(=O)Nc2ccc(C)cc2)C2CCCC2)CC1. The maximum Gasteiger partial charge on any atom is 0.317 e. The third kappa shape index (κ3) is 5.01. The number of carbonyl (C=O) groups excluding carboxylic acids is 2. The predicted octanol–water partition coefficient (Wildman–Crippen LogP) is 2.84. The topological polar surface area (TPSA) is 64.7 Å². The minimum atomic E-state index is -0.106. The summed E-state index contributed by atoms with van der Waals surface area (Å²) in [5.41, 5.74) is 2.04. The van der Waals surface area contributed by atoms with E-state index in [4.69, 9.17) is 0 Å². The van der Waals surface area contributed by atoms with E-state index in [-0.39, 0.29) is 18.0 Å². The molecule has 0 spiro atoms. The Morgan fingerprint density at radius 3 is 2.30 bits per heavy atom. The Hall–Kier alpha value is -2.08. The monoisotopic (exact) mass is 372 g/mol. The number of hydrogen-bond acceptors (Lipinski definition) is 3. The van der Waals surface area contributed by atoms with Crippen molar-refractivity contribution in [2.24, 2.45) is 5.92 Å². The van der Waals surface area contributed by atoms with E-state index >= 15 is 0 Å². The van der Waals surface area contributed by atoms with E-state index in [1.165, 1.54) is 18.4 Å². The molecule has 1 aromatic carbocycles. The van der Waals surface area contributed by atoms with Crippen LogP contribution in [0.15, 0.2) is 24.3 Å². The molecule has 1 saturated carbocycles. The molecule has 0 aromatic heterocycles. The predicted molar refractivity (Wildman–Crippen MR) is 108 cm³/mol. The van der Waals surface area contributed by atoms with Crippen molar-refractivity contribution in [2.45, 2.75) is 45.6 Å². The lowest BCUT2D eigenvalue weighted by Gasteiger charge is -2.40. The lowest BCUT2D eigenvalue weighted by Crippen LogP contribution is -2.58. The van der Waals surface area contributed by atoms with E-state index < -0.39 is 0 Å². The molecule has 3 rings (SSSR count). The second-order valence-corrected chi connectivity index (χ2v) is 7.70. The van der Waals surface area contributed by atoms with E-state index in [1.54, 1.807) is 0 Å². The number of urea groups is 1. The minimum absolute atomic E-state index is 0.00123. The minimum Gasteiger partial charge on any atom is -0.338 e. The van der Waals surface area contributed by atoms with Crippen LogP contribution in [0.3, 0.4) is 0 Å². The van der Waals surface area contributed by atoms with Gasteiger partial charge >= 0.3 is 6.03 Å². The number of rotatable bonds is 5. The number of carbonyl (C=O) groups is 2. The largest absolute Gasteiger partial charge is 0.338 e. The van der Waals surface area contributed by atoms with Crippen molar-refractivity contribution < 1.29 is 9.59 Å². The molecule has 2 N–H and O–H groups in total. The van der Waals surface area contributed by atoms with E-state index in [9.17, 15) is 9.59 Å². The van der Waals surface area contributed by atoms with Crippen LogP contribution in [-0.2, 0) is 4.79 Å². The Labute approximate surface area is 162 Å². The summed E-state index contributed by atoms with van der Waals surface area (Å²) in [6.45, 7) is 7.46. The van der Waals surface area contributed by atoms with Crippen LogP contribution in [0.1, 0.15) is 38.2 Å². The van der Waals surface area contributed by atoms with Crippen molar-refractivity contribution in [3.05, 3.63) is 29.8 Å². The van der Waals surface area contributed by atoms with Gasteiger partial charge in [0, 0.05) is 38.4 Å². The zero-order valence-corrected chi connectivity index (χ0v) is 16.5. The highest BCUT2D eigenvalue weighted by Crippen LogP contribution is 2.31. The molecule has 1 heterocycles. The van der Waals surface area contributed by atoms with E-state index in [2.05, 4.69) is 15.5 Å². The van der Waals surface area contributed by atoms with Gasteiger partial charge in [0.15, 0.2) is 0 Å². The van der Waals surface area contributed by atoms with Crippen molar-refractivity contribution >= 4 is 17.6 Å². The molecule has 0 bridgehead atoms. The Balaban J connectivity index is 1.66. The summed E-state index contributed by atoms with van der Waals surface area (Å²) < 4.78 is 0. The van der Waals surface area contributed by atoms with E-state index in [0.29, 0.717) is 25.6 Å². The van der Waals surface area contributed by atoms with Crippen molar-refractivity contribution in [2.75, 3.05) is 38.0 Å². The lowest BCUT2D eigenvalue weighted by atomic mass is 9.95. The smallest absolute Gasteiger partial charge is 0.317 e. The van der Waals surface area contributed by atoms with Crippen LogP contribution in [0.2, 0.25) is 0 Å². The normalized spacial score (nSPS) is 19.7. The summed E-state index contributed by atoms with van der Waals surface area (Å²) in [6.07, 6.45) is 4.64. The van der Waals surface area contributed by atoms with Crippen molar-refractivity contribution in [3.8, 4) is 0 Å². The van der Waals surface area contributed by atoms with Gasteiger partial charge in [0.1, 0.15) is 0 Å². The number of piperazine rings is 1. The molecule has 2 aliphatic rings. The summed E-state index contributed by atoms with van der Waals surface area (Å²) in [5.74, 6) is 0.503. The molecule has 27 heavy (non-hydrogen) atoms. The summed E-state index contributed by atoms with van der Waals surface area (Å²) in [5, 5.41) is 5.99. The number of anilines is 1. The number of amides is 3. The fourth-order valence-corrected chi connectivity index (χ4v) is 4.27. The van der Waals surface area contributed by atoms with Gasteiger partial charge in [-0.05, 0) is 44.7 Å². The second kappa shape index (κ2) is 9.22. The Morgan fingerprint density at radius 2 is 1.70 bits per heavy atom. The van der Waals surface area contributed by atoms with Crippen LogP contribution in [0.4, 0.5) is 10.5 Å². The van der Waals surface area contributed by atoms with Crippen molar-refractivity contribution in [1.82, 2.24) is 15.1 Å². The van der Waals surface area contributed by atoms with Crippen molar-refractivity contribution in [1.29, 1.82) is 0 Å². The quantitative estimate of drug-likeness (QED) is 0.835. The fourth-order valence-electron chi connectivity index (χ4n) is 4.27. The number of nitrogens with one attached hydrogen (secondary N) is 2. The summed E-state index contributed by atoms with van der Waals surface area (Å²) in [6, 6.07) is 7.86. The fraction of sp³-hybridized carbons (Fsp3) is 0.619. The van der Waals surface area contributed by atoms with Crippen LogP contribution >= 0.6 is 0 Å². The lowest BCUT2D eigenvalue weighted by molar-refractivity contribution is -0.123. The van der Waals surface area contributed by atoms with Gasteiger partial charge in [-0.3, -0.25) is 9.69 Å². The van der Waals surface area contributed by atoms with Crippen LogP contribution in [0, 0.1) is 12.8 Å². The van der Waals surface area contributed by atoms with Gasteiger partial charge in [-0.2, -0.15) is 0 Å². The first-order valence-electron chi connectivity index (χ1n) is 10.2. The van der Waals surface area contributed by atoms with Crippen LogP contribution in [0.25, 0.3) is 0 Å². The van der Waals surface area contributed by atoms with Gasteiger partial charge in [0.2, 0.25) is 5.91 Å². The van der Waals surface area contributed by atoms with Crippen LogP contribution in [0.5, 0.6) is 0 Å². The van der Waals surface area contributed by atoms with Crippen LogP contribution in [-0.4, -0.2) is 60.5 Å². The Morgan fingerprint density at radius 1 is 1.07 bits per heavy atom. The zero-order valence-electron chi connectivity index (χ0n) is 16.5. The van der Waals surface area contributed by atoms with Gasteiger partial charge in [0.25, 0.3) is 0 Å². The maximum atomic E-state index is 13.2. The van der Waals surface area contributed by atoms with Gasteiger partial charge in [-0.15, -0.1) is 0 Å². The molecular formula is C21H32N4O2. The van der Waals surface area contributed by atoms with Gasteiger partial charge in [0.05, 0.1) is 6.04 Å². The maximum absolute atomic E-state index is 13.2. The molecule has 1 aliphatic heterocycles. The highest BCUT2D eigenvalue weighted by Gasteiger charge is 2.37. The number of nitrogens with zero attached hydrogens (tertiary/aromatic N) is 2. The second-order valence-electron chi connectivity index (χ2n) is 7.70.